The topological polar surface area (TPSA) is 184 Å². The number of nitrogens with two attached hydrogens (primary N) is 1. The molecule has 2 saturated heterocycles. The van der Waals surface area contributed by atoms with Crippen LogP contribution in [0.4, 0.5) is 0 Å². The van der Waals surface area contributed by atoms with Crippen LogP contribution in [0.5, 0.6) is 5.75 Å². The molecule has 5 rings (SSSR count). The maximum absolute atomic E-state index is 14.3. The number of aromatic nitrogens is 1. The molecule has 3 unspecified atom stereocenters. The zero-order valence-electron chi connectivity index (χ0n) is 22.4. The molecule has 12 nitrogen and oxygen atoms in total. The number of nitrogens with zero attached hydrogens (tertiary/aromatic N) is 1. The van der Waals surface area contributed by atoms with E-state index in [-0.39, 0.29) is 43.6 Å². The number of hydrogen-bond acceptors (Lipinski definition) is 7. The fourth-order valence-electron chi connectivity index (χ4n) is 7.23. The molecule has 4 amide bonds. The van der Waals surface area contributed by atoms with Gasteiger partial charge in [-0.05, 0) is 55.7 Å². The summed E-state index contributed by atoms with van der Waals surface area (Å²) in [6.45, 7) is 0.0688. The number of rotatable bonds is 10. The lowest BCUT2D eigenvalue weighted by Gasteiger charge is -2.44. The van der Waals surface area contributed by atoms with Gasteiger partial charge in [-0.3, -0.25) is 24.0 Å². The van der Waals surface area contributed by atoms with E-state index in [1.165, 1.54) is 12.0 Å². The summed E-state index contributed by atoms with van der Waals surface area (Å²) in [5, 5.41) is 15.0. The van der Waals surface area contributed by atoms with Crippen molar-refractivity contribution in [2.45, 2.75) is 37.6 Å². The van der Waals surface area contributed by atoms with E-state index in [2.05, 4.69) is 15.6 Å². The van der Waals surface area contributed by atoms with E-state index in [0.717, 1.165) is 12.8 Å². The number of nitrogens with one attached hydrogen (secondary N) is 3. The first-order valence-electron chi connectivity index (χ1n) is 13.7. The minimum Gasteiger partial charge on any atom is -0.496 e. The molecule has 2 aromatic rings. The van der Waals surface area contributed by atoms with Crippen molar-refractivity contribution in [3.05, 3.63) is 30.0 Å². The van der Waals surface area contributed by atoms with Gasteiger partial charge >= 0.3 is 0 Å². The molecule has 1 saturated carbocycles. The number of ether oxygens (including phenoxy) is 1. The van der Waals surface area contributed by atoms with Gasteiger partial charge in [0.2, 0.25) is 17.6 Å². The molecule has 214 valence electrons. The maximum atomic E-state index is 14.3. The summed E-state index contributed by atoms with van der Waals surface area (Å²) in [5.41, 5.74) is 5.22. The molecule has 0 radical (unpaired) electrons. The Morgan fingerprint density at radius 1 is 1.25 bits per heavy atom. The van der Waals surface area contributed by atoms with Crippen molar-refractivity contribution in [2.75, 3.05) is 33.4 Å². The number of carbonyl (C=O) groups excluding carboxylic acids is 5. The number of H-pyrrole nitrogens is 1. The third-order valence-electron chi connectivity index (χ3n) is 8.95. The Morgan fingerprint density at radius 3 is 2.73 bits per heavy atom. The average molecular weight is 554 g/mol. The summed E-state index contributed by atoms with van der Waals surface area (Å²) in [4.78, 5) is 71.9. The molecule has 3 aliphatic rings. The Balaban J connectivity index is 1.63. The lowest BCUT2D eigenvalue weighted by molar-refractivity contribution is -0.149. The molecule has 1 aromatic carbocycles. The highest BCUT2D eigenvalue weighted by Crippen LogP contribution is 2.54. The van der Waals surface area contributed by atoms with Crippen molar-refractivity contribution in [1.29, 1.82) is 0 Å². The predicted molar refractivity (Wildman–Crippen MR) is 143 cm³/mol. The van der Waals surface area contributed by atoms with Gasteiger partial charge in [0, 0.05) is 36.5 Å². The highest BCUT2D eigenvalue weighted by Gasteiger charge is 2.66. The Labute approximate surface area is 231 Å². The minimum atomic E-state index is -1.81. The number of methoxy groups -OCH3 is 1. The van der Waals surface area contributed by atoms with Gasteiger partial charge in [-0.1, -0.05) is 12.5 Å². The van der Waals surface area contributed by atoms with Gasteiger partial charge in [0.1, 0.15) is 17.0 Å². The van der Waals surface area contributed by atoms with Crippen molar-refractivity contribution in [3.8, 4) is 5.75 Å². The lowest BCUT2D eigenvalue weighted by Crippen LogP contribution is -2.66. The number of aliphatic hydroxyl groups is 1. The lowest BCUT2D eigenvalue weighted by atomic mass is 9.66. The number of hydrogen-bond donors (Lipinski definition) is 5. The number of aliphatic hydroxyl groups excluding tert-OH is 1. The third-order valence-corrected chi connectivity index (χ3v) is 8.95. The second kappa shape index (κ2) is 10.9. The number of fused-ring (bicyclic) bond motifs is 2. The average Bonchev–Trinajstić information content (AvgIpc) is 3.73. The molecule has 40 heavy (non-hydrogen) atoms. The highest BCUT2D eigenvalue weighted by atomic mass is 16.5. The standard InChI is InChI=1S/C28H35N5O7/c1-40-22-7-3-6-20-17(22)13-21(32-20)26(38)33-14-16-4-2-5-18(16)28(33,27(29)39)19(12-15-8-9-30-24(15)36)23(35)25(37)31-10-11-34/h3,6-7,13,15-16,18-19,32,34H,2,4-5,8-12,14H2,1H3,(H2,29,39)(H,30,36)(H,31,37)/t15-,16?,18?,19-,28?/m1/s1. The number of aromatic amines is 1. The summed E-state index contributed by atoms with van der Waals surface area (Å²) in [6.07, 6.45) is 2.41. The summed E-state index contributed by atoms with van der Waals surface area (Å²) < 4.78 is 5.43. The first-order valence-corrected chi connectivity index (χ1v) is 13.7. The van der Waals surface area contributed by atoms with E-state index in [0.29, 0.717) is 36.0 Å². The summed E-state index contributed by atoms with van der Waals surface area (Å²) in [5.74, 6) is -5.49. The molecule has 0 spiro atoms. The van der Waals surface area contributed by atoms with Gasteiger partial charge in [-0.2, -0.15) is 0 Å². The zero-order chi connectivity index (χ0) is 28.6. The van der Waals surface area contributed by atoms with Crippen LogP contribution >= 0.6 is 0 Å². The molecular formula is C28H35N5O7. The Bertz CT molecular complexity index is 1360. The molecule has 1 aromatic heterocycles. The number of primary amides is 1. The molecule has 3 heterocycles. The first-order chi connectivity index (χ1) is 19.2. The van der Waals surface area contributed by atoms with Crippen LogP contribution in [0.15, 0.2) is 24.3 Å². The Morgan fingerprint density at radius 2 is 2.05 bits per heavy atom. The number of benzene rings is 1. The first kappa shape index (κ1) is 27.6. The largest absolute Gasteiger partial charge is 0.496 e. The third kappa shape index (κ3) is 4.40. The van der Waals surface area contributed by atoms with Crippen molar-refractivity contribution < 1.29 is 33.8 Å². The van der Waals surface area contributed by atoms with Crippen LogP contribution in [0.3, 0.4) is 0 Å². The van der Waals surface area contributed by atoms with Gasteiger partial charge in [-0.15, -0.1) is 0 Å². The Kier molecular flexibility index (Phi) is 7.54. The highest BCUT2D eigenvalue weighted by molar-refractivity contribution is 6.38. The summed E-state index contributed by atoms with van der Waals surface area (Å²) in [7, 11) is 1.53. The van der Waals surface area contributed by atoms with Crippen LogP contribution < -0.4 is 21.1 Å². The van der Waals surface area contributed by atoms with Gasteiger partial charge in [0.05, 0.1) is 19.6 Å². The zero-order valence-corrected chi connectivity index (χ0v) is 22.4. The molecule has 3 fully saturated rings. The van der Waals surface area contributed by atoms with Gasteiger partial charge < -0.3 is 36.1 Å². The van der Waals surface area contributed by atoms with E-state index in [1.54, 1.807) is 24.3 Å². The monoisotopic (exact) mass is 553 g/mol. The van der Waals surface area contributed by atoms with Crippen LogP contribution in [0.25, 0.3) is 10.9 Å². The maximum Gasteiger partial charge on any atom is 0.287 e. The van der Waals surface area contributed by atoms with Crippen LogP contribution in [-0.4, -0.2) is 83.3 Å². The van der Waals surface area contributed by atoms with Crippen LogP contribution in [-0.2, 0) is 19.2 Å². The van der Waals surface area contributed by atoms with Crippen molar-refractivity contribution >= 4 is 40.3 Å². The number of ketones is 1. The number of likely N-dealkylation sites (tertiary alicyclic amines) is 1. The van der Waals surface area contributed by atoms with Crippen LogP contribution in [0.1, 0.15) is 42.6 Å². The SMILES string of the molecule is COc1cccc2[nH]c(C(=O)N3CC4CCCC4C3(C(N)=O)[C@H](C[C@H]3CCNC3=O)C(=O)C(=O)NCCO)cc12. The molecule has 1 aliphatic carbocycles. The second-order valence-corrected chi connectivity index (χ2v) is 10.9. The van der Waals surface area contributed by atoms with E-state index in [1.807, 2.05) is 0 Å². The van der Waals surface area contributed by atoms with Gasteiger partial charge in [0.15, 0.2) is 0 Å². The van der Waals surface area contributed by atoms with Crippen LogP contribution in [0, 0.1) is 23.7 Å². The van der Waals surface area contributed by atoms with Crippen molar-refractivity contribution in [1.82, 2.24) is 20.5 Å². The fourth-order valence-corrected chi connectivity index (χ4v) is 7.23. The Hall–Kier alpha value is -3.93. The normalized spacial score (nSPS) is 26.4. The number of carbonyl (C=O) groups is 5. The van der Waals surface area contributed by atoms with E-state index in [4.69, 9.17) is 10.5 Å². The second-order valence-electron chi connectivity index (χ2n) is 10.9. The van der Waals surface area contributed by atoms with Crippen molar-refractivity contribution in [3.63, 3.8) is 0 Å². The predicted octanol–water partition coefficient (Wildman–Crippen LogP) is 0.0927. The molecule has 12 heteroatoms. The van der Waals surface area contributed by atoms with Gasteiger partial charge in [-0.25, -0.2) is 0 Å². The molecule has 2 aliphatic heterocycles. The van der Waals surface area contributed by atoms with Gasteiger partial charge in [0.25, 0.3) is 11.8 Å². The van der Waals surface area contributed by atoms with E-state index < -0.39 is 46.8 Å². The number of amides is 4. The molecule has 6 N–H and O–H groups in total. The molecule has 0 bridgehead atoms. The van der Waals surface area contributed by atoms with Crippen LogP contribution in [0.2, 0.25) is 0 Å². The summed E-state index contributed by atoms with van der Waals surface area (Å²) >= 11 is 0. The quantitative estimate of drug-likeness (QED) is 0.258. The van der Waals surface area contributed by atoms with Crippen molar-refractivity contribution in [2.24, 2.45) is 29.4 Å². The summed E-state index contributed by atoms with van der Waals surface area (Å²) in [6, 6.07) is 6.99. The number of Topliss-reactive ketones (excluding diaryl/α,β-unsaturated/α-hetero) is 1. The molecule has 5 atom stereocenters. The molecular weight excluding hydrogens is 518 g/mol. The van der Waals surface area contributed by atoms with E-state index >= 15 is 0 Å². The fraction of sp³-hybridized carbons (Fsp3) is 0.536. The minimum absolute atomic E-state index is 0.0939. The van der Waals surface area contributed by atoms with E-state index in [9.17, 15) is 29.1 Å². The smallest absolute Gasteiger partial charge is 0.287 e.